The van der Waals surface area contributed by atoms with Crippen LogP contribution in [0.1, 0.15) is 18.1 Å². The van der Waals surface area contributed by atoms with Crippen molar-refractivity contribution in [2.75, 3.05) is 13.7 Å². The molecular weight excluding hydrogens is 176 g/mol. The van der Waals surface area contributed by atoms with Crippen molar-refractivity contribution in [2.24, 2.45) is 0 Å². The van der Waals surface area contributed by atoms with Crippen LogP contribution in [0.3, 0.4) is 0 Å². The summed E-state index contributed by atoms with van der Waals surface area (Å²) in [7, 11) is 1.68. The van der Waals surface area contributed by atoms with Gasteiger partial charge in [-0.15, -0.1) is 0 Å². The molecule has 0 fully saturated rings. The Morgan fingerprint density at radius 3 is 2.79 bits per heavy atom. The maximum Gasteiger partial charge on any atom is 0.0718 e. The largest absolute Gasteiger partial charge is 0.392 e. The first-order valence-electron chi connectivity index (χ1n) is 4.62. The van der Waals surface area contributed by atoms with Crippen LogP contribution < -0.4 is 0 Å². The van der Waals surface area contributed by atoms with Crippen LogP contribution in [0.15, 0.2) is 29.8 Å². The molecular formula is C12H16O2. The van der Waals surface area contributed by atoms with Crippen LogP contribution in [-0.2, 0) is 11.3 Å². The van der Waals surface area contributed by atoms with E-state index in [-0.39, 0.29) is 6.61 Å². The molecule has 0 amide bonds. The standard InChI is InChI=1S/C12H16O2/c1-10(8-13)7-11-5-3-4-6-12(11)9-14-2/h3-7,13H,8-9H2,1-2H3/b10-7+. The average Bonchev–Trinajstić information content (AvgIpc) is 2.21. The number of ether oxygens (including phenoxy) is 1. The molecule has 0 aliphatic carbocycles. The Morgan fingerprint density at radius 1 is 1.43 bits per heavy atom. The number of benzene rings is 1. The summed E-state index contributed by atoms with van der Waals surface area (Å²) < 4.78 is 5.09. The second-order valence-corrected chi connectivity index (χ2v) is 3.28. The van der Waals surface area contributed by atoms with Gasteiger partial charge in [0.1, 0.15) is 0 Å². The lowest BCUT2D eigenvalue weighted by molar-refractivity contribution is 0.184. The molecule has 1 N–H and O–H groups in total. The second-order valence-electron chi connectivity index (χ2n) is 3.28. The first-order chi connectivity index (χ1) is 6.77. The van der Waals surface area contributed by atoms with Crippen LogP contribution in [0, 0.1) is 0 Å². The van der Waals surface area contributed by atoms with E-state index in [0.29, 0.717) is 6.61 Å². The van der Waals surface area contributed by atoms with Gasteiger partial charge in [-0.1, -0.05) is 30.3 Å². The van der Waals surface area contributed by atoms with Crippen LogP contribution >= 0.6 is 0 Å². The molecule has 0 saturated carbocycles. The second kappa shape index (κ2) is 5.58. The fourth-order valence-electron chi connectivity index (χ4n) is 1.27. The smallest absolute Gasteiger partial charge is 0.0718 e. The van der Waals surface area contributed by atoms with Gasteiger partial charge < -0.3 is 9.84 Å². The molecule has 0 atom stereocenters. The number of aliphatic hydroxyl groups is 1. The van der Waals surface area contributed by atoms with E-state index in [4.69, 9.17) is 9.84 Å². The first-order valence-corrected chi connectivity index (χ1v) is 4.62. The molecule has 0 radical (unpaired) electrons. The third kappa shape index (κ3) is 2.98. The Bertz CT molecular complexity index is 316. The number of hydrogen-bond donors (Lipinski definition) is 1. The number of rotatable bonds is 4. The summed E-state index contributed by atoms with van der Waals surface area (Å²) in [6.45, 7) is 2.61. The fraction of sp³-hybridized carbons (Fsp3) is 0.333. The Balaban J connectivity index is 2.95. The molecule has 0 saturated heterocycles. The summed E-state index contributed by atoms with van der Waals surface area (Å²) in [4.78, 5) is 0. The van der Waals surface area contributed by atoms with E-state index >= 15 is 0 Å². The Labute approximate surface area is 84.8 Å². The molecule has 0 unspecified atom stereocenters. The highest BCUT2D eigenvalue weighted by atomic mass is 16.5. The van der Waals surface area contributed by atoms with Crippen molar-refractivity contribution >= 4 is 6.08 Å². The van der Waals surface area contributed by atoms with Gasteiger partial charge in [-0.2, -0.15) is 0 Å². The summed E-state index contributed by atoms with van der Waals surface area (Å²) in [6, 6.07) is 8.02. The zero-order chi connectivity index (χ0) is 10.4. The van der Waals surface area contributed by atoms with Crippen LogP contribution in [-0.4, -0.2) is 18.8 Å². The minimum atomic E-state index is 0.0985. The van der Waals surface area contributed by atoms with Crippen LogP contribution in [0.2, 0.25) is 0 Å². The van der Waals surface area contributed by atoms with Gasteiger partial charge in [0.15, 0.2) is 0 Å². The maximum atomic E-state index is 8.92. The van der Waals surface area contributed by atoms with Crippen molar-refractivity contribution in [3.63, 3.8) is 0 Å². The van der Waals surface area contributed by atoms with E-state index < -0.39 is 0 Å². The third-order valence-electron chi connectivity index (χ3n) is 2.01. The maximum absolute atomic E-state index is 8.92. The molecule has 76 valence electrons. The van der Waals surface area contributed by atoms with Crippen molar-refractivity contribution in [3.05, 3.63) is 41.0 Å². The van der Waals surface area contributed by atoms with Gasteiger partial charge in [0.05, 0.1) is 13.2 Å². The monoisotopic (exact) mass is 192 g/mol. The van der Waals surface area contributed by atoms with Gasteiger partial charge in [0, 0.05) is 7.11 Å². The van der Waals surface area contributed by atoms with Crippen LogP contribution in [0.5, 0.6) is 0 Å². The lowest BCUT2D eigenvalue weighted by atomic mass is 10.1. The number of aliphatic hydroxyl groups excluding tert-OH is 1. The van der Waals surface area contributed by atoms with E-state index in [1.165, 1.54) is 0 Å². The molecule has 1 aromatic carbocycles. The minimum absolute atomic E-state index is 0.0985. The van der Waals surface area contributed by atoms with E-state index in [1.54, 1.807) is 7.11 Å². The summed E-state index contributed by atoms with van der Waals surface area (Å²) in [6.07, 6.45) is 1.98. The minimum Gasteiger partial charge on any atom is -0.392 e. The third-order valence-corrected chi connectivity index (χ3v) is 2.01. The molecule has 1 rings (SSSR count). The predicted octanol–water partition coefficient (Wildman–Crippen LogP) is 2.23. The van der Waals surface area contributed by atoms with Crippen LogP contribution in [0.25, 0.3) is 6.08 Å². The van der Waals surface area contributed by atoms with Gasteiger partial charge in [0.2, 0.25) is 0 Å². The molecule has 0 bridgehead atoms. The zero-order valence-electron chi connectivity index (χ0n) is 8.66. The molecule has 0 aromatic heterocycles. The van der Waals surface area contributed by atoms with Gasteiger partial charge >= 0.3 is 0 Å². The van der Waals surface area contributed by atoms with Crippen molar-refractivity contribution in [3.8, 4) is 0 Å². The number of hydrogen-bond acceptors (Lipinski definition) is 2. The van der Waals surface area contributed by atoms with E-state index in [2.05, 4.69) is 0 Å². The van der Waals surface area contributed by atoms with Gasteiger partial charge in [0.25, 0.3) is 0 Å². The first kappa shape index (κ1) is 11.0. The Hall–Kier alpha value is -1.12. The lowest BCUT2D eigenvalue weighted by Crippen LogP contribution is -1.92. The number of methoxy groups -OCH3 is 1. The van der Waals surface area contributed by atoms with E-state index in [0.717, 1.165) is 16.7 Å². The Morgan fingerprint density at radius 2 is 2.14 bits per heavy atom. The summed E-state index contributed by atoms with van der Waals surface area (Å²) >= 11 is 0. The summed E-state index contributed by atoms with van der Waals surface area (Å²) in [5, 5.41) is 8.92. The molecule has 0 spiro atoms. The highest BCUT2D eigenvalue weighted by Crippen LogP contribution is 2.13. The summed E-state index contributed by atoms with van der Waals surface area (Å²) in [5.74, 6) is 0. The van der Waals surface area contributed by atoms with Crippen LogP contribution in [0.4, 0.5) is 0 Å². The highest BCUT2D eigenvalue weighted by molar-refractivity contribution is 5.56. The van der Waals surface area contributed by atoms with Gasteiger partial charge in [-0.05, 0) is 23.6 Å². The lowest BCUT2D eigenvalue weighted by Gasteiger charge is -2.05. The SMILES string of the molecule is COCc1ccccc1/C=C(\C)CO. The molecule has 0 aliphatic heterocycles. The normalized spacial score (nSPS) is 11.8. The van der Waals surface area contributed by atoms with Crippen molar-refractivity contribution in [1.82, 2.24) is 0 Å². The van der Waals surface area contributed by atoms with E-state index in [9.17, 15) is 0 Å². The van der Waals surface area contributed by atoms with Gasteiger partial charge in [-0.25, -0.2) is 0 Å². The van der Waals surface area contributed by atoms with Crippen molar-refractivity contribution < 1.29 is 9.84 Å². The topological polar surface area (TPSA) is 29.5 Å². The zero-order valence-corrected chi connectivity index (χ0v) is 8.66. The van der Waals surface area contributed by atoms with Crippen molar-refractivity contribution in [1.29, 1.82) is 0 Å². The average molecular weight is 192 g/mol. The van der Waals surface area contributed by atoms with Crippen molar-refractivity contribution in [2.45, 2.75) is 13.5 Å². The highest BCUT2D eigenvalue weighted by Gasteiger charge is 1.98. The molecule has 14 heavy (non-hydrogen) atoms. The Kier molecular flexibility index (Phi) is 4.36. The molecule has 0 aliphatic rings. The molecule has 2 nitrogen and oxygen atoms in total. The summed E-state index contributed by atoms with van der Waals surface area (Å²) in [5.41, 5.74) is 3.21. The molecule has 1 aromatic rings. The fourth-order valence-corrected chi connectivity index (χ4v) is 1.27. The molecule has 2 heteroatoms. The predicted molar refractivity (Wildman–Crippen MR) is 57.9 cm³/mol. The van der Waals surface area contributed by atoms with Gasteiger partial charge in [-0.3, -0.25) is 0 Å². The quantitative estimate of drug-likeness (QED) is 0.792. The molecule has 0 heterocycles. The van der Waals surface area contributed by atoms with E-state index in [1.807, 2.05) is 37.3 Å².